The molecule has 0 radical (unpaired) electrons. The molecule has 6 nitrogen and oxygen atoms in total. The highest BCUT2D eigenvalue weighted by Gasteiger charge is 2.15. The molecule has 4 rings (SSSR count). The first-order chi connectivity index (χ1) is 12.7. The fraction of sp³-hybridized carbons (Fsp3) is 0.250. The van der Waals surface area contributed by atoms with E-state index in [4.69, 9.17) is 0 Å². The Labute approximate surface area is 152 Å². The number of carbonyl (C=O) groups excluding carboxylic acids is 1. The van der Waals surface area contributed by atoms with Crippen LogP contribution in [0.5, 0.6) is 0 Å². The van der Waals surface area contributed by atoms with Crippen molar-refractivity contribution in [3.8, 4) is 0 Å². The van der Waals surface area contributed by atoms with Crippen molar-refractivity contribution in [3.63, 3.8) is 0 Å². The second-order valence-electron chi connectivity index (χ2n) is 6.55. The summed E-state index contributed by atoms with van der Waals surface area (Å²) in [5.74, 6) is -0.133. The quantitative estimate of drug-likeness (QED) is 0.789. The third-order valence-electron chi connectivity index (χ3n) is 4.80. The number of rotatable bonds is 3. The van der Waals surface area contributed by atoms with Gasteiger partial charge in [0.25, 0.3) is 5.91 Å². The van der Waals surface area contributed by atoms with Gasteiger partial charge in [0, 0.05) is 49.0 Å². The number of amides is 1. The summed E-state index contributed by atoms with van der Waals surface area (Å²) in [5, 5.41) is 3.80. The van der Waals surface area contributed by atoms with Gasteiger partial charge in [-0.15, -0.1) is 0 Å². The van der Waals surface area contributed by atoms with Gasteiger partial charge in [-0.25, -0.2) is 9.97 Å². The van der Waals surface area contributed by atoms with Gasteiger partial charge in [-0.2, -0.15) is 0 Å². The third-order valence-corrected chi connectivity index (χ3v) is 4.80. The first-order valence-corrected chi connectivity index (χ1v) is 8.74. The highest BCUT2D eigenvalue weighted by molar-refractivity contribution is 6.08. The first kappa shape index (κ1) is 16.5. The highest BCUT2D eigenvalue weighted by atomic mass is 16.1. The lowest BCUT2D eigenvalue weighted by Gasteiger charge is -2.34. The van der Waals surface area contributed by atoms with Crippen molar-refractivity contribution in [2.45, 2.75) is 0 Å². The number of likely N-dealkylation sites (N-methyl/N-ethyl adjacent to an activating group) is 1. The van der Waals surface area contributed by atoms with Crippen molar-refractivity contribution in [1.29, 1.82) is 0 Å². The Morgan fingerprint density at radius 2 is 1.81 bits per heavy atom. The third kappa shape index (κ3) is 3.36. The second-order valence-corrected chi connectivity index (χ2v) is 6.55. The number of nitrogens with zero attached hydrogens (tertiary/aromatic N) is 4. The summed E-state index contributed by atoms with van der Waals surface area (Å²) in [6, 6.07) is 13.4. The van der Waals surface area contributed by atoms with Gasteiger partial charge in [0.2, 0.25) is 0 Å². The molecule has 132 valence electrons. The van der Waals surface area contributed by atoms with Crippen LogP contribution < -0.4 is 10.2 Å². The zero-order valence-electron chi connectivity index (χ0n) is 14.7. The average molecular weight is 347 g/mol. The topological polar surface area (TPSA) is 61.4 Å². The van der Waals surface area contributed by atoms with Gasteiger partial charge < -0.3 is 15.1 Å². The van der Waals surface area contributed by atoms with Gasteiger partial charge in [0.1, 0.15) is 6.33 Å². The SMILES string of the molecule is CN1CCN(c2ccc(C(=O)Nc3cccc4ncncc34)cc2)CC1. The van der Waals surface area contributed by atoms with E-state index in [0.717, 1.165) is 48.5 Å². The Hall–Kier alpha value is -2.99. The van der Waals surface area contributed by atoms with Crippen molar-refractivity contribution in [2.24, 2.45) is 0 Å². The molecule has 0 aliphatic carbocycles. The molecule has 1 fully saturated rings. The lowest BCUT2D eigenvalue weighted by atomic mass is 10.1. The lowest BCUT2D eigenvalue weighted by Crippen LogP contribution is -2.44. The molecule has 0 bridgehead atoms. The van der Waals surface area contributed by atoms with E-state index < -0.39 is 0 Å². The minimum Gasteiger partial charge on any atom is -0.369 e. The van der Waals surface area contributed by atoms with E-state index in [0.29, 0.717) is 5.56 Å². The summed E-state index contributed by atoms with van der Waals surface area (Å²) in [5.41, 5.74) is 3.32. The molecule has 1 aromatic heterocycles. The number of fused-ring (bicyclic) bond motifs is 1. The maximum atomic E-state index is 12.6. The molecule has 0 saturated carbocycles. The summed E-state index contributed by atoms with van der Waals surface area (Å²) >= 11 is 0. The zero-order chi connectivity index (χ0) is 17.9. The van der Waals surface area contributed by atoms with Gasteiger partial charge in [0.05, 0.1) is 11.2 Å². The normalized spacial score (nSPS) is 15.2. The molecule has 1 N–H and O–H groups in total. The average Bonchev–Trinajstić information content (AvgIpc) is 2.69. The molecule has 0 atom stereocenters. The molecular weight excluding hydrogens is 326 g/mol. The van der Waals surface area contributed by atoms with Crippen LogP contribution in [0.2, 0.25) is 0 Å². The molecule has 1 saturated heterocycles. The molecule has 6 heteroatoms. The molecule has 1 aliphatic rings. The number of hydrogen-bond donors (Lipinski definition) is 1. The van der Waals surface area contributed by atoms with Gasteiger partial charge in [-0.1, -0.05) is 6.07 Å². The molecule has 1 amide bonds. The van der Waals surface area contributed by atoms with Crippen molar-refractivity contribution in [3.05, 3.63) is 60.6 Å². The van der Waals surface area contributed by atoms with E-state index in [1.807, 2.05) is 42.5 Å². The largest absolute Gasteiger partial charge is 0.369 e. The Bertz CT molecular complexity index is 912. The molecule has 1 aliphatic heterocycles. The minimum absolute atomic E-state index is 0.133. The first-order valence-electron chi connectivity index (χ1n) is 8.74. The minimum atomic E-state index is -0.133. The van der Waals surface area contributed by atoms with Gasteiger partial charge >= 0.3 is 0 Å². The number of anilines is 2. The van der Waals surface area contributed by atoms with Crippen LogP contribution in [0.3, 0.4) is 0 Å². The standard InChI is InChI=1S/C20H21N5O/c1-24-9-11-25(12-10-24)16-7-5-15(6-8-16)20(26)23-19-4-2-3-18-17(19)13-21-14-22-18/h2-8,13-14H,9-12H2,1H3,(H,23,26). The van der Waals surface area contributed by atoms with E-state index in [-0.39, 0.29) is 5.91 Å². The van der Waals surface area contributed by atoms with Crippen molar-refractivity contribution >= 4 is 28.2 Å². The number of carbonyl (C=O) groups is 1. The van der Waals surface area contributed by atoms with Crippen LogP contribution >= 0.6 is 0 Å². The van der Waals surface area contributed by atoms with Crippen LogP contribution in [0.15, 0.2) is 55.0 Å². The molecule has 0 unspecified atom stereocenters. The summed E-state index contributed by atoms with van der Waals surface area (Å²) in [7, 11) is 2.14. The van der Waals surface area contributed by atoms with Crippen molar-refractivity contribution in [2.75, 3.05) is 43.4 Å². The van der Waals surface area contributed by atoms with Crippen molar-refractivity contribution < 1.29 is 4.79 Å². The molecule has 2 aromatic carbocycles. The predicted molar refractivity (Wildman–Crippen MR) is 104 cm³/mol. The van der Waals surface area contributed by atoms with Crippen LogP contribution in [0.25, 0.3) is 10.9 Å². The second kappa shape index (κ2) is 7.09. The smallest absolute Gasteiger partial charge is 0.255 e. The Morgan fingerprint density at radius 1 is 1.04 bits per heavy atom. The van der Waals surface area contributed by atoms with Gasteiger partial charge in [-0.3, -0.25) is 4.79 Å². The number of piperazine rings is 1. The summed E-state index contributed by atoms with van der Waals surface area (Å²) < 4.78 is 0. The van der Waals surface area contributed by atoms with Crippen LogP contribution in [0.1, 0.15) is 10.4 Å². The molecule has 3 aromatic rings. The van der Waals surface area contributed by atoms with Crippen LogP contribution in [0.4, 0.5) is 11.4 Å². The maximum absolute atomic E-state index is 12.6. The summed E-state index contributed by atoms with van der Waals surface area (Å²) in [6.07, 6.45) is 3.22. The Balaban J connectivity index is 1.50. The maximum Gasteiger partial charge on any atom is 0.255 e. The van der Waals surface area contributed by atoms with E-state index in [1.165, 1.54) is 6.33 Å². The lowest BCUT2D eigenvalue weighted by molar-refractivity contribution is 0.102. The van der Waals surface area contributed by atoms with Crippen molar-refractivity contribution in [1.82, 2.24) is 14.9 Å². The van der Waals surface area contributed by atoms with E-state index >= 15 is 0 Å². The number of nitrogens with one attached hydrogen (secondary N) is 1. The molecule has 0 spiro atoms. The molecule has 2 heterocycles. The summed E-state index contributed by atoms with van der Waals surface area (Å²) in [4.78, 5) is 25.6. The van der Waals surface area contributed by atoms with Crippen LogP contribution in [-0.4, -0.2) is 54.0 Å². The van der Waals surface area contributed by atoms with Crippen LogP contribution in [-0.2, 0) is 0 Å². The van der Waals surface area contributed by atoms with Gasteiger partial charge in [-0.05, 0) is 43.4 Å². The fourth-order valence-corrected chi connectivity index (χ4v) is 3.20. The Morgan fingerprint density at radius 3 is 2.58 bits per heavy atom. The number of hydrogen-bond acceptors (Lipinski definition) is 5. The summed E-state index contributed by atoms with van der Waals surface area (Å²) in [6.45, 7) is 4.15. The van der Waals surface area contributed by atoms with E-state index in [1.54, 1.807) is 6.20 Å². The molecular formula is C20H21N5O. The molecule has 26 heavy (non-hydrogen) atoms. The predicted octanol–water partition coefficient (Wildman–Crippen LogP) is 2.63. The fourth-order valence-electron chi connectivity index (χ4n) is 3.20. The van der Waals surface area contributed by atoms with E-state index in [2.05, 4.69) is 32.1 Å². The zero-order valence-corrected chi connectivity index (χ0v) is 14.7. The van der Waals surface area contributed by atoms with E-state index in [9.17, 15) is 4.79 Å². The number of aromatic nitrogens is 2. The van der Waals surface area contributed by atoms with Gasteiger partial charge in [0.15, 0.2) is 0 Å². The van der Waals surface area contributed by atoms with Crippen LogP contribution in [0, 0.1) is 0 Å². The highest BCUT2D eigenvalue weighted by Crippen LogP contribution is 2.22. The monoisotopic (exact) mass is 347 g/mol. The Kier molecular flexibility index (Phi) is 4.50. The number of benzene rings is 2.